The first kappa shape index (κ1) is 21.7. The van der Waals surface area contributed by atoms with Crippen LogP contribution in [0.15, 0.2) is 46.0 Å². The molecular weight excluding hydrogens is 413 g/mol. The van der Waals surface area contributed by atoms with E-state index in [1.807, 2.05) is 13.8 Å². The average molecular weight is 440 g/mol. The molecule has 0 unspecified atom stereocenters. The van der Waals surface area contributed by atoms with Gasteiger partial charge in [0.25, 0.3) is 0 Å². The molecule has 158 valence electrons. The minimum Gasteiger partial charge on any atom is -0.331 e. The second-order valence-electron chi connectivity index (χ2n) is 7.54. The summed E-state index contributed by atoms with van der Waals surface area (Å²) in [4.78, 5) is 14.4. The average Bonchev–Trinajstić information content (AvgIpc) is 3.23. The highest BCUT2D eigenvalue weighted by Crippen LogP contribution is 2.23. The SMILES string of the molecule is CC(C)[C@H](NC(=O)N1CCC(NS(=O)(=O)c2cccs2)CC1)c1ccc(F)cc1. The van der Waals surface area contributed by atoms with Crippen molar-refractivity contribution in [2.45, 2.75) is 43.0 Å². The number of halogens is 1. The molecule has 1 fully saturated rings. The van der Waals surface area contributed by atoms with Crippen molar-refractivity contribution in [3.63, 3.8) is 0 Å². The lowest BCUT2D eigenvalue weighted by Gasteiger charge is -2.34. The van der Waals surface area contributed by atoms with Gasteiger partial charge in [0.15, 0.2) is 0 Å². The number of carbonyl (C=O) groups excluding carboxylic acids is 1. The van der Waals surface area contributed by atoms with E-state index in [1.165, 1.54) is 23.5 Å². The summed E-state index contributed by atoms with van der Waals surface area (Å²) in [5.41, 5.74) is 0.855. The van der Waals surface area contributed by atoms with Gasteiger partial charge in [-0.3, -0.25) is 0 Å². The van der Waals surface area contributed by atoms with E-state index in [9.17, 15) is 17.6 Å². The molecule has 1 aliphatic heterocycles. The van der Waals surface area contributed by atoms with Gasteiger partial charge in [-0.15, -0.1) is 11.3 Å². The molecule has 0 aliphatic carbocycles. The number of amides is 2. The number of rotatable bonds is 6. The van der Waals surface area contributed by atoms with E-state index in [-0.39, 0.29) is 29.8 Å². The Bertz CT molecular complexity index is 907. The minimum absolute atomic E-state index is 0.138. The molecule has 2 N–H and O–H groups in total. The second kappa shape index (κ2) is 9.23. The highest BCUT2D eigenvalue weighted by Gasteiger charge is 2.28. The number of nitrogens with one attached hydrogen (secondary N) is 2. The van der Waals surface area contributed by atoms with Gasteiger partial charge >= 0.3 is 6.03 Å². The number of urea groups is 1. The Balaban J connectivity index is 1.56. The van der Waals surface area contributed by atoms with E-state index in [0.717, 1.165) is 5.56 Å². The molecule has 2 heterocycles. The summed E-state index contributed by atoms with van der Waals surface area (Å²) in [5.74, 6) is -0.172. The molecule has 2 amide bonds. The number of piperidine rings is 1. The van der Waals surface area contributed by atoms with E-state index in [2.05, 4.69) is 10.0 Å². The Morgan fingerprint density at radius 1 is 1.17 bits per heavy atom. The smallest absolute Gasteiger partial charge is 0.317 e. The second-order valence-corrected chi connectivity index (χ2v) is 10.4. The molecule has 6 nitrogen and oxygen atoms in total. The maximum atomic E-state index is 13.2. The Hall–Kier alpha value is -1.97. The molecule has 1 atom stereocenters. The minimum atomic E-state index is -3.51. The Labute approximate surface area is 175 Å². The molecule has 0 bridgehead atoms. The fourth-order valence-corrected chi connectivity index (χ4v) is 5.74. The van der Waals surface area contributed by atoms with Gasteiger partial charge in [0, 0.05) is 19.1 Å². The number of hydrogen-bond donors (Lipinski definition) is 2. The van der Waals surface area contributed by atoms with Gasteiger partial charge in [-0.05, 0) is 47.9 Å². The highest BCUT2D eigenvalue weighted by atomic mass is 32.2. The van der Waals surface area contributed by atoms with Crippen LogP contribution in [0, 0.1) is 11.7 Å². The van der Waals surface area contributed by atoms with Crippen LogP contribution in [-0.2, 0) is 10.0 Å². The summed E-state index contributed by atoms with van der Waals surface area (Å²) in [6.45, 7) is 4.94. The molecule has 9 heteroatoms. The summed E-state index contributed by atoms with van der Waals surface area (Å²) < 4.78 is 41.0. The molecule has 2 aromatic rings. The van der Waals surface area contributed by atoms with Crippen LogP contribution < -0.4 is 10.0 Å². The molecule has 1 aromatic carbocycles. The molecule has 3 rings (SSSR count). The summed E-state index contributed by atoms with van der Waals surface area (Å²) in [6, 6.07) is 8.84. The highest BCUT2D eigenvalue weighted by molar-refractivity contribution is 7.91. The molecule has 0 radical (unpaired) electrons. The van der Waals surface area contributed by atoms with E-state index in [0.29, 0.717) is 30.1 Å². The topological polar surface area (TPSA) is 78.5 Å². The summed E-state index contributed by atoms with van der Waals surface area (Å²) >= 11 is 1.18. The van der Waals surface area contributed by atoms with E-state index < -0.39 is 10.0 Å². The third-order valence-electron chi connectivity index (χ3n) is 5.04. The van der Waals surface area contributed by atoms with Gasteiger partial charge in [-0.25, -0.2) is 22.3 Å². The molecule has 1 aliphatic rings. The lowest BCUT2D eigenvalue weighted by atomic mass is 9.96. The molecular formula is C20H26FN3O3S2. The number of nitrogens with zero attached hydrogens (tertiary/aromatic N) is 1. The lowest BCUT2D eigenvalue weighted by molar-refractivity contribution is 0.173. The first-order valence-electron chi connectivity index (χ1n) is 9.63. The molecule has 29 heavy (non-hydrogen) atoms. The van der Waals surface area contributed by atoms with Crippen molar-refractivity contribution in [1.82, 2.24) is 14.9 Å². The first-order valence-corrected chi connectivity index (χ1v) is 12.0. The maximum Gasteiger partial charge on any atom is 0.317 e. The van der Waals surface area contributed by atoms with Crippen LogP contribution in [-0.4, -0.2) is 38.5 Å². The predicted octanol–water partition coefficient (Wildman–Crippen LogP) is 3.74. The van der Waals surface area contributed by atoms with Crippen LogP contribution in [0.25, 0.3) is 0 Å². The number of benzene rings is 1. The Morgan fingerprint density at radius 3 is 2.38 bits per heavy atom. The zero-order chi connectivity index (χ0) is 21.0. The summed E-state index contributed by atoms with van der Waals surface area (Å²) in [7, 11) is -3.51. The largest absolute Gasteiger partial charge is 0.331 e. The molecule has 1 aromatic heterocycles. The van der Waals surface area contributed by atoms with Crippen molar-refractivity contribution in [2.24, 2.45) is 5.92 Å². The van der Waals surface area contributed by atoms with Crippen LogP contribution in [0.3, 0.4) is 0 Å². The zero-order valence-electron chi connectivity index (χ0n) is 16.5. The number of thiophene rings is 1. The van der Waals surface area contributed by atoms with Gasteiger partial charge in [-0.2, -0.15) is 0 Å². The van der Waals surface area contributed by atoms with Gasteiger partial charge in [0.05, 0.1) is 6.04 Å². The first-order chi connectivity index (χ1) is 13.8. The number of likely N-dealkylation sites (tertiary alicyclic amines) is 1. The van der Waals surface area contributed by atoms with E-state index in [4.69, 9.17) is 0 Å². The molecule has 0 spiro atoms. The van der Waals surface area contributed by atoms with Crippen molar-refractivity contribution in [1.29, 1.82) is 0 Å². The van der Waals surface area contributed by atoms with Crippen molar-refractivity contribution >= 4 is 27.4 Å². The lowest BCUT2D eigenvalue weighted by Crippen LogP contribution is -2.50. The summed E-state index contributed by atoms with van der Waals surface area (Å²) in [6.07, 6.45) is 1.11. The van der Waals surface area contributed by atoms with Gasteiger partial charge < -0.3 is 10.2 Å². The van der Waals surface area contributed by atoms with Crippen LogP contribution in [0.2, 0.25) is 0 Å². The fourth-order valence-electron chi connectivity index (χ4n) is 3.42. The summed E-state index contributed by atoms with van der Waals surface area (Å²) in [5, 5.41) is 4.76. The quantitative estimate of drug-likeness (QED) is 0.720. The van der Waals surface area contributed by atoms with E-state index in [1.54, 1.807) is 34.5 Å². The van der Waals surface area contributed by atoms with Crippen LogP contribution in [0.1, 0.15) is 38.3 Å². The predicted molar refractivity (Wildman–Crippen MR) is 112 cm³/mol. The number of carbonyl (C=O) groups is 1. The van der Waals surface area contributed by atoms with Gasteiger partial charge in [-0.1, -0.05) is 32.0 Å². The van der Waals surface area contributed by atoms with Crippen molar-refractivity contribution in [3.8, 4) is 0 Å². The van der Waals surface area contributed by atoms with Crippen LogP contribution >= 0.6 is 11.3 Å². The Morgan fingerprint density at radius 2 is 1.83 bits per heavy atom. The van der Waals surface area contributed by atoms with Crippen molar-refractivity contribution in [3.05, 3.63) is 53.2 Å². The van der Waals surface area contributed by atoms with Gasteiger partial charge in [0.2, 0.25) is 10.0 Å². The molecule has 1 saturated heterocycles. The standard InChI is InChI=1S/C20H26FN3O3S2/c1-14(2)19(15-5-7-16(21)8-6-15)22-20(25)24-11-9-17(10-12-24)23-29(26,27)18-4-3-13-28-18/h3-8,13-14,17,19,23H,9-12H2,1-2H3,(H,22,25)/t19-/m0/s1. The van der Waals surface area contributed by atoms with Crippen molar-refractivity contribution in [2.75, 3.05) is 13.1 Å². The number of sulfonamides is 1. The Kier molecular flexibility index (Phi) is 6.92. The number of hydrogen-bond acceptors (Lipinski definition) is 4. The zero-order valence-corrected chi connectivity index (χ0v) is 18.1. The third-order valence-corrected chi connectivity index (χ3v) is 7.96. The van der Waals surface area contributed by atoms with Crippen LogP contribution in [0.5, 0.6) is 0 Å². The van der Waals surface area contributed by atoms with E-state index >= 15 is 0 Å². The van der Waals surface area contributed by atoms with Crippen molar-refractivity contribution < 1.29 is 17.6 Å². The monoisotopic (exact) mass is 439 g/mol. The molecule has 0 saturated carbocycles. The van der Waals surface area contributed by atoms with Crippen LogP contribution in [0.4, 0.5) is 9.18 Å². The normalized spacial score (nSPS) is 16.8. The van der Waals surface area contributed by atoms with Gasteiger partial charge in [0.1, 0.15) is 10.0 Å². The fraction of sp³-hybridized carbons (Fsp3) is 0.450. The third kappa shape index (κ3) is 5.55. The maximum absolute atomic E-state index is 13.2.